The molecule has 0 fully saturated rings. The smallest absolute Gasteiger partial charge is 0.122 e. The van der Waals surface area contributed by atoms with E-state index in [1.54, 1.807) is 6.92 Å². The van der Waals surface area contributed by atoms with Crippen molar-refractivity contribution in [2.45, 2.75) is 19.4 Å². The average molecular weight is 100 g/mol. The Bertz CT molecular complexity index is 82.1. The van der Waals surface area contributed by atoms with Gasteiger partial charge in [-0.25, -0.2) is 4.79 Å². The van der Waals surface area contributed by atoms with E-state index in [1.807, 2.05) is 0 Å². The SMILES string of the molecule is CCC(O)C=C=O. The number of hydrogen-bond acceptors (Lipinski definition) is 2. The fourth-order valence-electron chi connectivity index (χ4n) is 0.196. The summed E-state index contributed by atoms with van der Waals surface area (Å²) < 4.78 is 0. The van der Waals surface area contributed by atoms with Crippen molar-refractivity contribution in [1.29, 1.82) is 0 Å². The molecule has 0 aliphatic carbocycles. The van der Waals surface area contributed by atoms with Crippen molar-refractivity contribution in [3.8, 4) is 0 Å². The highest BCUT2D eigenvalue weighted by Crippen LogP contribution is 1.85. The van der Waals surface area contributed by atoms with E-state index < -0.39 is 6.10 Å². The van der Waals surface area contributed by atoms with Crippen LogP contribution in [0.15, 0.2) is 6.08 Å². The summed E-state index contributed by atoms with van der Waals surface area (Å²) in [6.45, 7) is 1.79. The molecule has 1 N–H and O–H groups in total. The molecule has 40 valence electrons. The molecule has 0 saturated carbocycles. The number of carbonyl (C=O) groups excluding carboxylic acids is 1. The fourth-order valence-corrected chi connectivity index (χ4v) is 0.196. The number of hydrogen-bond donors (Lipinski definition) is 1. The van der Waals surface area contributed by atoms with Crippen LogP contribution >= 0.6 is 0 Å². The van der Waals surface area contributed by atoms with Crippen LogP contribution in [0.5, 0.6) is 0 Å². The molecular weight excluding hydrogens is 92.1 g/mol. The van der Waals surface area contributed by atoms with Gasteiger partial charge in [-0.05, 0) is 6.42 Å². The van der Waals surface area contributed by atoms with Gasteiger partial charge in [-0.15, -0.1) is 0 Å². The zero-order valence-electron chi connectivity index (χ0n) is 4.22. The van der Waals surface area contributed by atoms with Crippen LogP contribution < -0.4 is 0 Å². The average Bonchev–Trinajstić information content (AvgIpc) is 1.68. The minimum Gasteiger partial charge on any atom is -0.388 e. The van der Waals surface area contributed by atoms with Crippen molar-refractivity contribution in [1.82, 2.24) is 0 Å². The van der Waals surface area contributed by atoms with Crippen LogP contribution in [-0.2, 0) is 4.79 Å². The van der Waals surface area contributed by atoms with Crippen molar-refractivity contribution < 1.29 is 9.90 Å². The van der Waals surface area contributed by atoms with Crippen LogP contribution in [-0.4, -0.2) is 17.2 Å². The van der Waals surface area contributed by atoms with Crippen molar-refractivity contribution in [2.75, 3.05) is 0 Å². The maximum absolute atomic E-state index is 9.43. The summed E-state index contributed by atoms with van der Waals surface area (Å²) in [5.74, 6) is 1.49. The minimum absolute atomic E-state index is 0.579. The second-order valence-corrected chi connectivity index (χ2v) is 1.26. The Morgan fingerprint density at radius 3 is 2.71 bits per heavy atom. The van der Waals surface area contributed by atoms with E-state index in [0.717, 1.165) is 6.08 Å². The maximum atomic E-state index is 9.43. The Balaban J connectivity index is 3.35. The lowest BCUT2D eigenvalue weighted by atomic mass is 10.3. The van der Waals surface area contributed by atoms with Crippen LogP contribution in [0.3, 0.4) is 0 Å². The van der Waals surface area contributed by atoms with Gasteiger partial charge in [0.05, 0.1) is 6.10 Å². The molecule has 1 atom stereocenters. The van der Waals surface area contributed by atoms with E-state index in [4.69, 9.17) is 5.11 Å². The molecule has 0 spiro atoms. The van der Waals surface area contributed by atoms with E-state index in [2.05, 4.69) is 0 Å². The molecule has 0 aromatic rings. The monoisotopic (exact) mass is 100 g/mol. The van der Waals surface area contributed by atoms with Crippen molar-refractivity contribution in [3.63, 3.8) is 0 Å². The highest BCUT2D eigenvalue weighted by Gasteiger charge is 1.89. The van der Waals surface area contributed by atoms with Gasteiger partial charge in [-0.3, -0.25) is 0 Å². The third-order valence-electron chi connectivity index (χ3n) is 0.679. The topological polar surface area (TPSA) is 37.3 Å². The van der Waals surface area contributed by atoms with Gasteiger partial charge in [0.25, 0.3) is 0 Å². The minimum atomic E-state index is -0.600. The quantitative estimate of drug-likeness (QED) is 0.501. The molecular formula is C5H8O2. The molecule has 0 saturated heterocycles. The summed E-state index contributed by atoms with van der Waals surface area (Å²) in [7, 11) is 0. The second kappa shape index (κ2) is 3.59. The summed E-state index contributed by atoms with van der Waals surface area (Å²) in [5.41, 5.74) is 0. The molecule has 0 aromatic heterocycles. The molecule has 0 amide bonds. The zero-order chi connectivity index (χ0) is 5.70. The largest absolute Gasteiger partial charge is 0.388 e. The van der Waals surface area contributed by atoms with Crippen LogP contribution in [0.25, 0.3) is 0 Å². The lowest BCUT2D eigenvalue weighted by Crippen LogP contribution is -1.97. The Kier molecular flexibility index (Phi) is 3.29. The van der Waals surface area contributed by atoms with Crippen LogP contribution in [0.1, 0.15) is 13.3 Å². The van der Waals surface area contributed by atoms with Crippen LogP contribution in [0.2, 0.25) is 0 Å². The van der Waals surface area contributed by atoms with Gasteiger partial charge in [0.1, 0.15) is 5.94 Å². The standard InChI is InChI=1S/C5H8O2/c1-2-5(7)3-4-6/h3,5,7H,2H2,1H3. The Morgan fingerprint density at radius 1 is 2.00 bits per heavy atom. The predicted octanol–water partition coefficient (Wildman–Crippen LogP) is 0.145. The number of aliphatic hydroxyl groups is 1. The molecule has 0 aliphatic heterocycles. The summed E-state index contributed by atoms with van der Waals surface area (Å²) in [6.07, 6.45) is 1.08. The molecule has 2 heteroatoms. The first kappa shape index (κ1) is 6.41. The Morgan fingerprint density at radius 2 is 2.57 bits per heavy atom. The lowest BCUT2D eigenvalue weighted by molar-refractivity contribution is 0.220. The lowest BCUT2D eigenvalue weighted by Gasteiger charge is -1.91. The van der Waals surface area contributed by atoms with Crippen molar-refractivity contribution >= 4 is 5.94 Å². The number of rotatable bonds is 2. The highest BCUT2D eigenvalue weighted by molar-refractivity contribution is 5.45. The normalized spacial score (nSPS) is 12.3. The molecule has 0 bridgehead atoms. The molecule has 2 nitrogen and oxygen atoms in total. The predicted molar refractivity (Wildman–Crippen MR) is 26.6 cm³/mol. The summed E-state index contributed by atoms with van der Waals surface area (Å²) in [6, 6.07) is 0. The number of aliphatic hydroxyl groups excluding tert-OH is 1. The molecule has 0 radical (unpaired) electrons. The van der Waals surface area contributed by atoms with E-state index in [9.17, 15) is 4.79 Å². The third kappa shape index (κ3) is 3.23. The van der Waals surface area contributed by atoms with Gasteiger partial charge in [0.15, 0.2) is 0 Å². The van der Waals surface area contributed by atoms with Gasteiger partial charge in [0, 0.05) is 6.08 Å². The first-order valence-corrected chi connectivity index (χ1v) is 2.20. The van der Waals surface area contributed by atoms with E-state index >= 15 is 0 Å². The zero-order valence-corrected chi connectivity index (χ0v) is 4.22. The molecule has 0 heterocycles. The summed E-state index contributed by atoms with van der Waals surface area (Å²) in [5, 5.41) is 8.54. The molecule has 0 aliphatic rings. The Hall–Kier alpha value is -0.590. The molecule has 0 aromatic carbocycles. The van der Waals surface area contributed by atoms with E-state index in [1.165, 1.54) is 5.94 Å². The van der Waals surface area contributed by atoms with Gasteiger partial charge >= 0.3 is 0 Å². The van der Waals surface area contributed by atoms with Gasteiger partial charge < -0.3 is 5.11 Å². The van der Waals surface area contributed by atoms with Gasteiger partial charge in [0.2, 0.25) is 0 Å². The van der Waals surface area contributed by atoms with Crippen molar-refractivity contribution in [2.24, 2.45) is 0 Å². The van der Waals surface area contributed by atoms with Crippen LogP contribution in [0.4, 0.5) is 0 Å². The Labute approximate surface area is 42.5 Å². The summed E-state index contributed by atoms with van der Waals surface area (Å²) >= 11 is 0. The van der Waals surface area contributed by atoms with Gasteiger partial charge in [-0.2, -0.15) is 0 Å². The molecule has 1 unspecified atom stereocenters. The summed E-state index contributed by atoms with van der Waals surface area (Å²) in [4.78, 5) is 9.43. The van der Waals surface area contributed by atoms with E-state index in [-0.39, 0.29) is 0 Å². The van der Waals surface area contributed by atoms with Crippen molar-refractivity contribution in [3.05, 3.63) is 6.08 Å². The van der Waals surface area contributed by atoms with E-state index in [0.29, 0.717) is 6.42 Å². The highest BCUT2D eigenvalue weighted by atomic mass is 16.3. The van der Waals surface area contributed by atoms with Crippen LogP contribution in [0, 0.1) is 0 Å². The second-order valence-electron chi connectivity index (χ2n) is 1.26. The first-order valence-electron chi connectivity index (χ1n) is 2.20. The molecule has 7 heavy (non-hydrogen) atoms. The maximum Gasteiger partial charge on any atom is 0.122 e. The molecule has 0 rings (SSSR count). The first-order chi connectivity index (χ1) is 3.31. The fraction of sp³-hybridized carbons (Fsp3) is 0.600. The third-order valence-corrected chi connectivity index (χ3v) is 0.679. The van der Waals surface area contributed by atoms with Gasteiger partial charge in [-0.1, -0.05) is 6.92 Å².